The van der Waals surface area contributed by atoms with Crippen molar-refractivity contribution in [1.82, 2.24) is 0 Å². The van der Waals surface area contributed by atoms with Crippen LogP contribution in [-0.2, 0) is 65.4 Å². The van der Waals surface area contributed by atoms with Crippen LogP contribution in [0, 0.1) is 23.7 Å². The first-order valence-corrected chi connectivity index (χ1v) is 46.2. The number of unbranched alkanes of at least 4 members (excludes halogenated alkanes) is 46. The molecule has 103 heavy (non-hydrogen) atoms. The van der Waals surface area contributed by atoms with E-state index in [0.29, 0.717) is 31.6 Å². The third-order valence-electron chi connectivity index (χ3n) is 19.9. The Morgan fingerprint density at radius 2 is 0.466 bits per heavy atom. The zero-order chi connectivity index (χ0) is 76.0. The van der Waals surface area contributed by atoms with Gasteiger partial charge in [0.2, 0.25) is 0 Å². The second kappa shape index (κ2) is 72.9. The number of aliphatic hydroxyl groups is 1. The molecule has 0 spiro atoms. The van der Waals surface area contributed by atoms with Gasteiger partial charge < -0.3 is 33.8 Å². The molecule has 0 aromatic heterocycles. The second-order valence-corrected chi connectivity index (χ2v) is 34.8. The minimum Gasteiger partial charge on any atom is -0.462 e. The largest absolute Gasteiger partial charge is 0.472 e. The maximum atomic E-state index is 13.1. The van der Waals surface area contributed by atoms with Crippen molar-refractivity contribution in [2.45, 2.75) is 453 Å². The third kappa shape index (κ3) is 76.6. The fraction of sp³-hybridized carbons (Fsp3) is 0.952. The van der Waals surface area contributed by atoms with Gasteiger partial charge in [0.05, 0.1) is 26.4 Å². The monoisotopic (exact) mass is 1510 g/mol. The van der Waals surface area contributed by atoms with Gasteiger partial charge in [-0.3, -0.25) is 37.3 Å². The van der Waals surface area contributed by atoms with Crippen molar-refractivity contribution >= 4 is 39.5 Å². The van der Waals surface area contributed by atoms with E-state index in [1.54, 1.807) is 0 Å². The molecule has 0 heterocycles. The van der Waals surface area contributed by atoms with Crippen molar-refractivity contribution < 1.29 is 80.2 Å². The quantitative estimate of drug-likeness (QED) is 0.0222. The number of rotatable bonds is 81. The molecule has 0 amide bonds. The summed E-state index contributed by atoms with van der Waals surface area (Å²) in [6, 6.07) is 0. The molecule has 0 aromatic rings. The molecule has 6 atom stereocenters. The van der Waals surface area contributed by atoms with E-state index in [0.717, 1.165) is 114 Å². The van der Waals surface area contributed by atoms with E-state index in [4.69, 9.17) is 37.0 Å². The molecule has 17 nitrogen and oxygen atoms in total. The van der Waals surface area contributed by atoms with Crippen molar-refractivity contribution in [2.75, 3.05) is 39.6 Å². The van der Waals surface area contributed by atoms with Gasteiger partial charge in [0.1, 0.15) is 19.3 Å². The summed E-state index contributed by atoms with van der Waals surface area (Å²) in [5.74, 6) is 1.01. The Kier molecular flexibility index (Phi) is 71.5. The first-order chi connectivity index (χ1) is 49.6. The van der Waals surface area contributed by atoms with Crippen molar-refractivity contribution in [3.8, 4) is 0 Å². The summed E-state index contributed by atoms with van der Waals surface area (Å²) in [5.41, 5.74) is 0. The first kappa shape index (κ1) is 101. The topological polar surface area (TPSA) is 237 Å². The number of phosphoric acid groups is 2. The van der Waals surface area contributed by atoms with Crippen LogP contribution in [0.5, 0.6) is 0 Å². The van der Waals surface area contributed by atoms with E-state index in [1.165, 1.54) is 231 Å². The predicted octanol–water partition coefficient (Wildman–Crippen LogP) is 25.2. The van der Waals surface area contributed by atoms with Crippen LogP contribution in [0.25, 0.3) is 0 Å². The van der Waals surface area contributed by atoms with Crippen LogP contribution in [0.1, 0.15) is 434 Å². The Hall–Kier alpha value is -1.94. The molecule has 0 bridgehead atoms. The molecule has 0 saturated heterocycles. The summed E-state index contributed by atoms with van der Waals surface area (Å²) in [7, 11) is -9.92. The average molecular weight is 1510 g/mol. The third-order valence-corrected chi connectivity index (χ3v) is 21.8. The molecule has 0 saturated carbocycles. The molecule has 612 valence electrons. The van der Waals surface area contributed by atoms with Crippen molar-refractivity contribution in [3.05, 3.63) is 0 Å². The van der Waals surface area contributed by atoms with Gasteiger partial charge in [0.25, 0.3) is 0 Å². The molecule has 19 heteroatoms. The maximum absolute atomic E-state index is 13.1. The lowest BCUT2D eigenvalue weighted by atomic mass is 9.99. The lowest BCUT2D eigenvalue weighted by Crippen LogP contribution is -2.30. The van der Waals surface area contributed by atoms with E-state index in [-0.39, 0.29) is 25.7 Å². The van der Waals surface area contributed by atoms with Crippen molar-refractivity contribution in [3.63, 3.8) is 0 Å². The Labute approximate surface area is 632 Å². The highest BCUT2D eigenvalue weighted by Crippen LogP contribution is 2.45. The number of aliphatic hydroxyl groups excluding tert-OH is 1. The number of carbonyl (C=O) groups excluding carboxylic acids is 4. The van der Waals surface area contributed by atoms with Crippen LogP contribution in [0.15, 0.2) is 0 Å². The molecule has 0 rings (SSSR count). The highest BCUT2D eigenvalue weighted by Gasteiger charge is 2.30. The van der Waals surface area contributed by atoms with E-state index in [2.05, 4.69) is 55.4 Å². The van der Waals surface area contributed by atoms with Gasteiger partial charge >= 0.3 is 39.5 Å². The van der Waals surface area contributed by atoms with Gasteiger partial charge in [-0.1, -0.05) is 383 Å². The summed E-state index contributed by atoms with van der Waals surface area (Å²) in [5, 5.41) is 10.7. The van der Waals surface area contributed by atoms with E-state index in [9.17, 15) is 43.2 Å². The summed E-state index contributed by atoms with van der Waals surface area (Å²) in [6.07, 6.45) is 61.3. The highest BCUT2D eigenvalue weighted by molar-refractivity contribution is 7.47. The normalized spacial score (nSPS) is 14.2. The molecule has 3 N–H and O–H groups in total. The number of esters is 4. The SMILES string of the molecule is CCC(C)CCCCCCCCCCCCCCCCCCCCC(=O)OC[C@H](COP(=O)(O)OC[C@@H](O)COP(=O)(O)OC[C@@H](COC(=O)CCCCCCCCC(C)C)OC(=O)CCCCCCCCCCCCCC(C)C)OC(=O)CCCCCCCCCCCCCCCCCC(C)C. The predicted molar refractivity (Wildman–Crippen MR) is 423 cm³/mol. The van der Waals surface area contributed by atoms with Gasteiger partial charge in [0.15, 0.2) is 12.2 Å². The standard InChI is InChI=1S/C84H164O17P2/c1-9-77(8)63-55-47-38-32-26-20-16-12-10-11-13-17-21-27-33-39-48-56-64-81(86)94-70-79(100-83(88)66-58-50-40-34-28-22-18-14-15-19-24-30-36-44-52-60-74(2)3)72-98-102(90,91)96-68-78(85)69-97-103(92,93)99-73-80(71-95-82(87)65-57-49-43-42-46-54-62-76(6)7)101-84(89)67-59-51-41-35-29-23-25-31-37-45-53-61-75(4)5/h74-80,85H,9-73H2,1-8H3,(H,90,91)(H,92,93)/t77?,78-,79-,80-/m1/s1. The van der Waals surface area contributed by atoms with Crippen LogP contribution in [0.3, 0.4) is 0 Å². The van der Waals surface area contributed by atoms with Crippen LogP contribution < -0.4 is 0 Å². The smallest absolute Gasteiger partial charge is 0.462 e. The summed E-state index contributed by atoms with van der Waals surface area (Å²) < 4.78 is 68.8. The van der Waals surface area contributed by atoms with Crippen LogP contribution in [0.4, 0.5) is 0 Å². The Balaban J connectivity index is 5.20. The van der Waals surface area contributed by atoms with Crippen LogP contribution in [-0.4, -0.2) is 96.7 Å². The molecule has 0 aliphatic rings. The lowest BCUT2D eigenvalue weighted by Gasteiger charge is -2.21. The fourth-order valence-corrected chi connectivity index (χ4v) is 14.5. The van der Waals surface area contributed by atoms with Crippen molar-refractivity contribution in [2.24, 2.45) is 23.7 Å². The molecular formula is C84H164O17P2. The Bertz CT molecular complexity index is 2010. The van der Waals surface area contributed by atoms with Gasteiger partial charge in [-0.25, -0.2) is 9.13 Å². The molecular weight excluding hydrogens is 1340 g/mol. The zero-order valence-corrected chi connectivity index (χ0v) is 69.7. The van der Waals surface area contributed by atoms with E-state index >= 15 is 0 Å². The van der Waals surface area contributed by atoms with E-state index in [1.807, 2.05) is 0 Å². The average Bonchev–Trinajstić information content (AvgIpc) is 0.909. The molecule has 0 aliphatic carbocycles. The Morgan fingerprint density at radius 3 is 0.689 bits per heavy atom. The lowest BCUT2D eigenvalue weighted by molar-refractivity contribution is -0.161. The number of hydrogen-bond acceptors (Lipinski definition) is 15. The van der Waals surface area contributed by atoms with Crippen LogP contribution >= 0.6 is 15.6 Å². The van der Waals surface area contributed by atoms with Crippen molar-refractivity contribution in [1.29, 1.82) is 0 Å². The van der Waals surface area contributed by atoms with Gasteiger partial charge in [0, 0.05) is 25.7 Å². The molecule has 0 aliphatic heterocycles. The minimum absolute atomic E-state index is 0.105. The molecule has 3 unspecified atom stereocenters. The number of ether oxygens (including phenoxy) is 4. The van der Waals surface area contributed by atoms with Gasteiger partial charge in [-0.05, 0) is 49.4 Å². The summed E-state index contributed by atoms with van der Waals surface area (Å²) >= 11 is 0. The molecule has 0 aromatic carbocycles. The summed E-state index contributed by atoms with van der Waals surface area (Å²) in [4.78, 5) is 73.1. The second-order valence-electron chi connectivity index (χ2n) is 31.9. The highest BCUT2D eigenvalue weighted by atomic mass is 31.2. The number of hydrogen-bond donors (Lipinski definition) is 3. The fourth-order valence-electron chi connectivity index (χ4n) is 12.9. The number of phosphoric ester groups is 2. The van der Waals surface area contributed by atoms with Crippen LogP contribution in [0.2, 0.25) is 0 Å². The Morgan fingerprint density at radius 1 is 0.272 bits per heavy atom. The zero-order valence-electron chi connectivity index (χ0n) is 68.0. The minimum atomic E-state index is -4.96. The molecule has 0 radical (unpaired) electrons. The van der Waals surface area contributed by atoms with Gasteiger partial charge in [-0.2, -0.15) is 0 Å². The van der Waals surface area contributed by atoms with E-state index < -0.39 is 97.5 Å². The summed E-state index contributed by atoms with van der Waals surface area (Å²) in [6.45, 7) is 14.3. The van der Waals surface area contributed by atoms with Gasteiger partial charge in [-0.15, -0.1) is 0 Å². The molecule has 0 fully saturated rings. The first-order valence-electron chi connectivity index (χ1n) is 43.2. The number of carbonyl (C=O) groups is 4. The maximum Gasteiger partial charge on any atom is 0.472 e.